The summed E-state index contributed by atoms with van der Waals surface area (Å²) in [6.07, 6.45) is 1.65. The van der Waals surface area contributed by atoms with Gasteiger partial charge in [0.05, 0.1) is 24.3 Å². The molecule has 1 aromatic heterocycles. The van der Waals surface area contributed by atoms with Crippen molar-refractivity contribution in [2.45, 2.75) is 12.5 Å². The number of benzene rings is 2. The Labute approximate surface area is 161 Å². The second kappa shape index (κ2) is 6.60. The number of aromatic nitrogens is 2. The highest BCUT2D eigenvalue weighted by Gasteiger charge is 2.32. The van der Waals surface area contributed by atoms with Crippen molar-refractivity contribution in [3.8, 4) is 17.2 Å². The molecule has 2 aromatic carbocycles. The molecule has 1 unspecified atom stereocenters. The van der Waals surface area contributed by atoms with E-state index in [0.29, 0.717) is 43.4 Å². The normalized spacial score (nSPS) is 17.9. The van der Waals surface area contributed by atoms with E-state index >= 15 is 0 Å². The number of nitrogens with one attached hydrogen (secondary N) is 1. The Morgan fingerprint density at radius 1 is 1.14 bits per heavy atom. The van der Waals surface area contributed by atoms with Crippen LogP contribution in [0.5, 0.6) is 17.2 Å². The summed E-state index contributed by atoms with van der Waals surface area (Å²) >= 11 is 0. The third-order valence-corrected chi connectivity index (χ3v) is 5.18. The summed E-state index contributed by atoms with van der Waals surface area (Å²) < 4.78 is 11.1. The summed E-state index contributed by atoms with van der Waals surface area (Å²) in [5, 5.41) is 9.87. The number of H-pyrrole nitrogens is 1. The molecule has 1 amide bonds. The number of amides is 1. The van der Waals surface area contributed by atoms with Crippen LogP contribution in [0.25, 0.3) is 0 Å². The second-order valence-electron chi connectivity index (χ2n) is 6.96. The van der Waals surface area contributed by atoms with Crippen LogP contribution in [0.4, 0.5) is 0 Å². The molecule has 28 heavy (non-hydrogen) atoms. The first-order valence-corrected chi connectivity index (χ1v) is 9.19. The molecule has 0 aliphatic carbocycles. The molecular weight excluding hydrogens is 358 g/mol. The number of imidazole rings is 1. The first-order chi connectivity index (χ1) is 13.7. The molecule has 3 heterocycles. The first-order valence-electron chi connectivity index (χ1n) is 9.19. The molecule has 7 nitrogen and oxygen atoms in total. The van der Waals surface area contributed by atoms with E-state index < -0.39 is 0 Å². The van der Waals surface area contributed by atoms with Gasteiger partial charge in [0, 0.05) is 18.0 Å². The van der Waals surface area contributed by atoms with Gasteiger partial charge in [-0.2, -0.15) is 0 Å². The molecule has 7 heteroatoms. The topological polar surface area (TPSA) is 87.7 Å². The average Bonchev–Trinajstić information content (AvgIpc) is 3.21. The van der Waals surface area contributed by atoms with Gasteiger partial charge in [0.2, 0.25) is 0 Å². The van der Waals surface area contributed by atoms with E-state index in [1.165, 1.54) is 0 Å². The maximum Gasteiger partial charge on any atom is 0.254 e. The van der Waals surface area contributed by atoms with Crippen molar-refractivity contribution in [1.29, 1.82) is 0 Å². The van der Waals surface area contributed by atoms with E-state index in [1.54, 1.807) is 47.6 Å². The number of rotatable bonds is 2. The van der Waals surface area contributed by atoms with Crippen molar-refractivity contribution in [3.05, 3.63) is 71.3 Å². The molecule has 0 saturated heterocycles. The summed E-state index contributed by atoms with van der Waals surface area (Å²) in [5.74, 6) is 1.27. The van der Waals surface area contributed by atoms with Gasteiger partial charge >= 0.3 is 0 Å². The van der Waals surface area contributed by atoms with E-state index in [2.05, 4.69) is 9.97 Å². The Hall–Kier alpha value is -3.48. The molecule has 5 rings (SSSR count). The molecule has 0 bridgehead atoms. The van der Waals surface area contributed by atoms with Crippen LogP contribution in [0.1, 0.15) is 33.2 Å². The van der Waals surface area contributed by atoms with E-state index in [1.807, 2.05) is 6.07 Å². The molecular formula is C21H19N3O4. The van der Waals surface area contributed by atoms with Crippen LogP contribution in [-0.2, 0) is 6.54 Å². The average molecular weight is 377 g/mol. The van der Waals surface area contributed by atoms with Crippen LogP contribution < -0.4 is 9.47 Å². The quantitative estimate of drug-likeness (QED) is 0.717. The third-order valence-electron chi connectivity index (χ3n) is 5.18. The Morgan fingerprint density at radius 2 is 2.00 bits per heavy atom. The number of hydrogen-bond acceptors (Lipinski definition) is 5. The van der Waals surface area contributed by atoms with Crippen molar-refractivity contribution in [2.75, 3.05) is 19.8 Å². The molecule has 2 aliphatic rings. The van der Waals surface area contributed by atoms with Gasteiger partial charge in [0.15, 0.2) is 11.5 Å². The minimum Gasteiger partial charge on any atom is -0.508 e. The lowest BCUT2D eigenvalue weighted by atomic mass is 9.90. The van der Waals surface area contributed by atoms with Crippen LogP contribution in [0, 0.1) is 0 Å². The molecule has 0 saturated carbocycles. The standard InChI is InChI=1S/C21H19N3O4/c25-15-3-1-2-13(8-15)16-10-24(11-17-20(16)23-12-22-17)21(26)14-4-5-18-19(9-14)28-7-6-27-18/h1-5,8-9,12,16,25H,6-7,10-11H2,(H,22,23). The minimum atomic E-state index is -0.108. The number of carbonyl (C=O) groups excluding carboxylic acids is 1. The largest absolute Gasteiger partial charge is 0.508 e. The Balaban J connectivity index is 1.47. The number of carbonyl (C=O) groups is 1. The van der Waals surface area contributed by atoms with Gasteiger partial charge in [-0.3, -0.25) is 4.79 Å². The van der Waals surface area contributed by atoms with E-state index in [9.17, 15) is 9.90 Å². The van der Waals surface area contributed by atoms with E-state index in [-0.39, 0.29) is 17.6 Å². The lowest BCUT2D eigenvalue weighted by molar-refractivity contribution is 0.0720. The van der Waals surface area contributed by atoms with Crippen LogP contribution in [0.15, 0.2) is 48.8 Å². The molecule has 1 atom stereocenters. The van der Waals surface area contributed by atoms with Crippen molar-refractivity contribution in [1.82, 2.24) is 14.9 Å². The number of nitrogens with zero attached hydrogens (tertiary/aromatic N) is 2. The predicted molar refractivity (Wildman–Crippen MR) is 101 cm³/mol. The lowest BCUT2D eigenvalue weighted by Crippen LogP contribution is -2.38. The van der Waals surface area contributed by atoms with E-state index in [0.717, 1.165) is 17.0 Å². The number of aromatic amines is 1. The SMILES string of the molecule is O=C(c1ccc2c(c1)OCCO2)N1Cc2[nH]cnc2C(c2cccc(O)c2)C1. The zero-order valence-electron chi connectivity index (χ0n) is 15.1. The van der Waals surface area contributed by atoms with Crippen LogP contribution in [0.3, 0.4) is 0 Å². The Morgan fingerprint density at radius 3 is 2.86 bits per heavy atom. The van der Waals surface area contributed by atoms with Gasteiger partial charge in [-0.15, -0.1) is 0 Å². The highest BCUT2D eigenvalue weighted by molar-refractivity contribution is 5.95. The molecule has 142 valence electrons. The van der Waals surface area contributed by atoms with Gasteiger partial charge in [-0.1, -0.05) is 12.1 Å². The third kappa shape index (κ3) is 2.85. The predicted octanol–water partition coefficient (Wildman–Crippen LogP) is 2.67. The molecule has 0 radical (unpaired) electrons. The van der Waals surface area contributed by atoms with Gasteiger partial charge in [0.1, 0.15) is 19.0 Å². The fourth-order valence-electron chi connectivity index (χ4n) is 3.84. The first kappa shape index (κ1) is 16.7. The second-order valence-corrected chi connectivity index (χ2v) is 6.96. The zero-order chi connectivity index (χ0) is 19.1. The van der Waals surface area contributed by atoms with E-state index in [4.69, 9.17) is 9.47 Å². The fourth-order valence-corrected chi connectivity index (χ4v) is 3.84. The van der Waals surface area contributed by atoms with Gasteiger partial charge < -0.3 is 24.5 Å². The number of phenols is 1. The summed E-state index contributed by atoms with van der Waals surface area (Å²) in [6, 6.07) is 12.4. The van der Waals surface area contributed by atoms with Gasteiger partial charge in [-0.05, 0) is 35.9 Å². The molecule has 3 aromatic rings. The van der Waals surface area contributed by atoms with Crippen LogP contribution in [-0.4, -0.2) is 45.6 Å². The highest BCUT2D eigenvalue weighted by Crippen LogP contribution is 2.35. The maximum absolute atomic E-state index is 13.2. The molecule has 2 aliphatic heterocycles. The van der Waals surface area contributed by atoms with Gasteiger partial charge in [-0.25, -0.2) is 4.98 Å². The zero-order valence-corrected chi connectivity index (χ0v) is 15.1. The number of phenolic OH excluding ortho intramolecular Hbond substituents is 1. The summed E-state index contributed by atoms with van der Waals surface area (Å²) in [5.41, 5.74) is 3.30. The van der Waals surface area contributed by atoms with Crippen LogP contribution >= 0.6 is 0 Å². The summed E-state index contributed by atoms with van der Waals surface area (Å²) in [4.78, 5) is 22.6. The maximum atomic E-state index is 13.2. The lowest BCUT2D eigenvalue weighted by Gasteiger charge is -2.32. The number of ether oxygens (including phenoxy) is 2. The number of hydrogen-bond donors (Lipinski definition) is 2. The van der Waals surface area contributed by atoms with Crippen molar-refractivity contribution < 1.29 is 19.4 Å². The summed E-state index contributed by atoms with van der Waals surface area (Å²) in [7, 11) is 0. The number of aromatic hydroxyl groups is 1. The Kier molecular flexibility index (Phi) is 3.93. The molecule has 0 fully saturated rings. The van der Waals surface area contributed by atoms with Crippen molar-refractivity contribution >= 4 is 5.91 Å². The minimum absolute atomic E-state index is 0.0811. The molecule has 0 spiro atoms. The monoisotopic (exact) mass is 377 g/mol. The Bertz CT molecular complexity index is 1050. The smallest absolute Gasteiger partial charge is 0.254 e. The van der Waals surface area contributed by atoms with Gasteiger partial charge in [0.25, 0.3) is 5.91 Å². The molecule has 2 N–H and O–H groups in total. The van der Waals surface area contributed by atoms with Crippen molar-refractivity contribution in [2.24, 2.45) is 0 Å². The number of fused-ring (bicyclic) bond motifs is 2. The summed E-state index contributed by atoms with van der Waals surface area (Å²) in [6.45, 7) is 1.93. The highest BCUT2D eigenvalue weighted by atomic mass is 16.6. The van der Waals surface area contributed by atoms with Crippen LogP contribution in [0.2, 0.25) is 0 Å². The fraction of sp³-hybridized carbons (Fsp3) is 0.238. The van der Waals surface area contributed by atoms with Crippen molar-refractivity contribution in [3.63, 3.8) is 0 Å².